The van der Waals surface area contributed by atoms with Crippen molar-refractivity contribution in [3.63, 3.8) is 0 Å². The van der Waals surface area contributed by atoms with Gasteiger partial charge in [-0.1, -0.05) is 0 Å². The minimum Gasteiger partial charge on any atom is -0.383 e. The molecule has 0 bridgehead atoms. The summed E-state index contributed by atoms with van der Waals surface area (Å²) in [6.07, 6.45) is 4.77. The van der Waals surface area contributed by atoms with Crippen molar-refractivity contribution < 1.29 is 4.79 Å². The quantitative estimate of drug-likeness (QED) is 0.877. The lowest BCUT2D eigenvalue weighted by Crippen LogP contribution is -2.39. The minimum absolute atomic E-state index is 0.0961. The molecule has 0 atom stereocenters. The Balaban J connectivity index is 1.90. The third kappa shape index (κ3) is 3.10. The lowest BCUT2D eigenvalue weighted by Gasteiger charge is -2.26. The van der Waals surface area contributed by atoms with Gasteiger partial charge in [0.1, 0.15) is 22.4 Å². The molecule has 2 heterocycles. The van der Waals surface area contributed by atoms with Crippen molar-refractivity contribution in [2.24, 2.45) is 0 Å². The second-order valence-corrected chi connectivity index (χ2v) is 5.01. The topological polar surface area (TPSA) is 84.1 Å². The summed E-state index contributed by atoms with van der Waals surface area (Å²) in [5, 5.41) is 2.98. The van der Waals surface area contributed by atoms with E-state index in [4.69, 9.17) is 5.73 Å². The Kier molecular flexibility index (Phi) is 4.35. The van der Waals surface area contributed by atoms with Crippen molar-refractivity contribution in [1.29, 1.82) is 0 Å². The van der Waals surface area contributed by atoms with E-state index in [9.17, 15) is 4.79 Å². The number of hydrogen-bond acceptors (Lipinski definition) is 5. The Labute approximate surface area is 114 Å². The Morgan fingerprint density at radius 3 is 2.83 bits per heavy atom. The van der Waals surface area contributed by atoms with Crippen molar-refractivity contribution in [1.82, 2.24) is 14.9 Å². The Morgan fingerprint density at radius 1 is 1.39 bits per heavy atom. The number of amides is 1. The van der Waals surface area contributed by atoms with Crippen LogP contribution in [-0.4, -0.2) is 40.4 Å². The zero-order valence-corrected chi connectivity index (χ0v) is 11.6. The van der Waals surface area contributed by atoms with Gasteiger partial charge in [-0.2, -0.15) is 0 Å². The van der Waals surface area contributed by atoms with Crippen LogP contribution >= 0.6 is 15.9 Å². The van der Waals surface area contributed by atoms with Gasteiger partial charge in [-0.15, -0.1) is 0 Å². The molecule has 3 N–H and O–H groups in total. The molecule has 1 saturated heterocycles. The van der Waals surface area contributed by atoms with Crippen LogP contribution in [0, 0.1) is 0 Å². The third-order valence-electron chi connectivity index (χ3n) is 2.93. The highest BCUT2D eigenvalue weighted by Gasteiger charge is 2.16. The van der Waals surface area contributed by atoms with Crippen LogP contribution in [0.5, 0.6) is 0 Å². The highest BCUT2D eigenvalue weighted by atomic mass is 79.9. The molecule has 2 rings (SSSR count). The summed E-state index contributed by atoms with van der Waals surface area (Å²) in [5.74, 6) is 1.00. The van der Waals surface area contributed by atoms with Gasteiger partial charge in [-0.05, 0) is 35.2 Å². The molecule has 6 nitrogen and oxygen atoms in total. The van der Waals surface area contributed by atoms with E-state index in [1.165, 1.54) is 12.7 Å². The summed E-state index contributed by atoms with van der Waals surface area (Å²) in [6, 6.07) is 0. The fraction of sp³-hybridized carbons (Fsp3) is 0.545. The molecule has 0 aromatic carbocycles. The predicted octanol–water partition coefficient (Wildman–Crippen LogP) is 1.25. The molecule has 1 fully saturated rings. The molecule has 98 valence electrons. The lowest BCUT2D eigenvalue weighted by atomic mass is 10.1. The first kappa shape index (κ1) is 13.1. The number of anilines is 2. The number of nitrogens with zero attached hydrogens (tertiary/aromatic N) is 3. The Bertz CT molecular complexity index is 433. The number of aromatic nitrogens is 2. The SMILES string of the molecule is Nc1ncnc(NCC(=O)N2CCCCC2)c1Br. The molecule has 0 unspecified atom stereocenters. The fourth-order valence-corrected chi connectivity index (χ4v) is 2.27. The molecule has 1 aromatic rings. The van der Waals surface area contributed by atoms with Crippen LogP contribution in [0.4, 0.5) is 11.6 Å². The van der Waals surface area contributed by atoms with E-state index in [0.717, 1.165) is 25.9 Å². The number of rotatable bonds is 3. The van der Waals surface area contributed by atoms with E-state index < -0.39 is 0 Å². The Hall–Kier alpha value is -1.37. The highest BCUT2D eigenvalue weighted by molar-refractivity contribution is 9.10. The number of nitrogens with one attached hydrogen (secondary N) is 1. The van der Waals surface area contributed by atoms with E-state index >= 15 is 0 Å². The van der Waals surface area contributed by atoms with Gasteiger partial charge in [0.2, 0.25) is 5.91 Å². The average molecular weight is 314 g/mol. The first-order valence-electron chi connectivity index (χ1n) is 5.96. The van der Waals surface area contributed by atoms with E-state index in [-0.39, 0.29) is 12.5 Å². The largest absolute Gasteiger partial charge is 0.383 e. The van der Waals surface area contributed by atoms with E-state index in [1.54, 1.807) is 0 Å². The summed E-state index contributed by atoms with van der Waals surface area (Å²) < 4.78 is 0.594. The molecular weight excluding hydrogens is 298 g/mol. The predicted molar refractivity (Wildman–Crippen MR) is 73.1 cm³/mol. The Morgan fingerprint density at radius 2 is 2.11 bits per heavy atom. The van der Waals surface area contributed by atoms with Crippen LogP contribution in [-0.2, 0) is 4.79 Å². The molecular formula is C11H16BrN5O. The molecule has 1 aliphatic rings. The molecule has 1 amide bonds. The van der Waals surface area contributed by atoms with E-state index in [2.05, 4.69) is 31.2 Å². The van der Waals surface area contributed by atoms with Gasteiger partial charge in [0.25, 0.3) is 0 Å². The molecule has 0 radical (unpaired) electrons. The molecule has 18 heavy (non-hydrogen) atoms. The number of likely N-dealkylation sites (tertiary alicyclic amines) is 1. The first-order valence-corrected chi connectivity index (χ1v) is 6.75. The molecule has 0 saturated carbocycles. The summed E-state index contributed by atoms with van der Waals surface area (Å²) >= 11 is 3.29. The van der Waals surface area contributed by atoms with Crippen molar-refractivity contribution in [2.75, 3.05) is 30.7 Å². The lowest BCUT2D eigenvalue weighted by molar-refractivity contribution is -0.130. The van der Waals surface area contributed by atoms with Crippen LogP contribution in [0.15, 0.2) is 10.8 Å². The number of carbonyl (C=O) groups excluding carboxylic acids is 1. The van der Waals surface area contributed by atoms with Gasteiger partial charge in [-0.25, -0.2) is 9.97 Å². The van der Waals surface area contributed by atoms with Gasteiger partial charge in [0, 0.05) is 13.1 Å². The maximum atomic E-state index is 11.9. The average Bonchev–Trinajstić information content (AvgIpc) is 2.41. The van der Waals surface area contributed by atoms with Crippen molar-refractivity contribution in [3.05, 3.63) is 10.8 Å². The smallest absolute Gasteiger partial charge is 0.241 e. The van der Waals surface area contributed by atoms with Gasteiger partial charge in [0.05, 0.1) is 6.54 Å². The first-order chi connectivity index (χ1) is 8.68. The number of carbonyl (C=O) groups is 1. The van der Waals surface area contributed by atoms with Crippen LogP contribution < -0.4 is 11.1 Å². The highest BCUT2D eigenvalue weighted by Crippen LogP contribution is 2.23. The van der Waals surface area contributed by atoms with Gasteiger partial charge in [-0.3, -0.25) is 4.79 Å². The number of piperidine rings is 1. The van der Waals surface area contributed by atoms with Gasteiger partial charge in [0.15, 0.2) is 0 Å². The van der Waals surface area contributed by atoms with Crippen LogP contribution in [0.1, 0.15) is 19.3 Å². The number of halogens is 1. The maximum absolute atomic E-state index is 11.9. The second kappa shape index (κ2) is 5.99. The second-order valence-electron chi connectivity index (χ2n) is 4.22. The van der Waals surface area contributed by atoms with E-state index in [1.807, 2.05) is 4.90 Å². The zero-order chi connectivity index (χ0) is 13.0. The summed E-state index contributed by atoms with van der Waals surface area (Å²) in [4.78, 5) is 21.7. The molecule has 1 aromatic heterocycles. The monoisotopic (exact) mass is 313 g/mol. The molecule has 7 heteroatoms. The molecule has 0 aliphatic carbocycles. The number of nitrogen functional groups attached to an aromatic ring is 1. The summed E-state index contributed by atoms with van der Waals surface area (Å²) in [6.45, 7) is 1.94. The van der Waals surface area contributed by atoms with Crippen LogP contribution in [0.3, 0.4) is 0 Å². The van der Waals surface area contributed by atoms with Crippen LogP contribution in [0.2, 0.25) is 0 Å². The zero-order valence-electron chi connectivity index (χ0n) is 10.0. The van der Waals surface area contributed by atoms with Gasteiger partial charge < -0.3 is 16.0 Å². The van der Waals surface area contributed by atoms with Crippen molar-refractivity contribution in [2.45, 2.75) is 19.3 Å². The normalized spacial score (nSPS) is 15.5. The van der Waals surface area contributed by atoms with Crippen molar-refractivity contribution in [3.8, 4) is 0 Å². The third-order valence-corrected chi connectivity index (χ3v) is 3.71. The number of nitrogens with two attached hydrogens (primary N) is 1. The summed E-state index contributed by atoms with van der Waals surface area (Å²) in [5.41, 5.74) is 5.64. The fourth-order valence-electron chi connectivity index (χ4n) is 1.92. The summed E-state index contributed by atoms with van der Waals surface area (Å²) in [7, 11) is 0. The van der Waals surface area contributed by atoms with Crippen LogP contribution in [0.25, 0.3) is 0 Å². The maximum Gasteiger partial charge on any atom is 0.241 e. The molecule has 0 spiro atoms. The molecule has 1 aliphatic heterocycles. The van der Waals surface area contributed by atoms with E-state index in [0.29, 0.717) is 16.1 Å². The van der Waals surface area contributed by atoms with Gasteiger partial charge >= 0.3 is 0 Å². The van der Waals surface area contributed by atoms with Crippen molar-refractivity contribution >= 4 is 33.5 Å². The minimum atomic E-state index is 0.0961. The number of hydrogen-bond donors (Lipinski definition) is 2. The standard InChI is InChI=1S/C11H16BrN5O/c12-9-10(13)15-7-16-11(9)14-6-8(18)17-4-2-1-3-5-17/h7H,1-6H2,(H3,13,14,15,16).